The van der Waals surface area contributed by atoms with Crippen LogP contribution in [0.4, 0.5) is 5.69 Å². The number of anilines is 1. The summed E-state index contributed by atoms with van der Waals surface area (Å²) >= 11 is 5.55. The normalized spacial score (nSPS) is 35.6. The van der Waals surface area contributed by atoms with Crippen molar-refractivity contribution in [3.05, 3.63) is 41.5 Å². The van der Waals surface area contributed by atoms with Gasteiger partial charge in [0.2, 0.25) is 0 Å². The average Bonchev–Trinajstić information content (AvgIpc) is 3.26. The van der Waals surface area contributed by atoms with Crippen LogP contribution in [0.3, 0.4) is 0 Å². The minimum Gasteiger partial charge on any atom is -0.331 e. The van der Waals surface area contributed by atoms with Crippen LogP contribution in [-0.4, -0.2) is 10.8 Å². The molecule has 0 unspecified atom stereocenters. The predicted octanol–water partition coefficient (Wildman–Crippen LogP) is 9.68. The topological polar surface area (TPSA) is 36.4 Å². The van der Waals surface area contributed by atoms with Gasteiger partial charge in [0, 0.05) is 17.8 Å². The van der Waals surface area contributed by atoms with E-state index in [0.29, 0.717) is 15.9 Å². The van der Waals surface area contributed by atoms with Gasteiger partial charge in [0.15, 0.2) is 5.11 Å². The Morgan fingerprint density at radius 1 is 1.05 bits per heavy atom. The highest BCUT2D eigenvalue weighted by Gasteiger charge is 2.58. The van der Waals surface area contributed by atoms with Crippen molar-refractivity contribution in [2.24, 2.45) is 51.4 Å². The van der Waals surface area contributed by atoms with Crippen LogP contribution in [0.25, 0.3) is 0 Å². The molecule has 0 amide bonds. The third kappa shape index (κ3) is 5.74. The van der Waals surface area contributed by atoms with Crippen LogP contribution in [-0.2, 0) is 0 Å². The minimum absolute atomic E-state index is 0.351. The molecular weight excluding hydrogens is 494 g/mol. The Kier molecular flexibility index (Phi) is 8.63. The summed E-state index contributed by atoms with van der Waals surface area (Å²) in [5.41, 5.74) is 9.19. The molecule has 4 heteroatoms. The first-order chi connectivity index (χ1) is 18.6. The Labute approximate surface area is 244 Å². The average molecular weight is 548 g/mol. The fraction of sp³-hybridized carbons (Fsp3) is 0.714. The first-order valence-corrected chi connectivity index (χ1v) is 16.4. The highest BCUT2D eigenvalue weighted by Crippen LogP contribution is 2.67. The summed E-state index contributed by atoms with van der Waals surface area (Å²) in [6, 6.07) is 8.23. The lowest BCUT2D eigenvalue weighted by Gasteiger charge is -2.58. The third-order valence-electron chi connectivity index (χ3n) is 11.9. The quantitative estimate of drug-likeness (QED) is 0.203. The maximum absolute atomic E-state index is 5.55. The molecule has 39 heavy (non-hydrogen) atoms. The lowest BCUT2D eigenvalue weighted by Crippen LogP contribution is -2.50. The van der Waals surface area contributed by atoms with Gasteiger partial charge in [-0.2, -0.15) is 5.10 Å². The molecule has 4 aliphatic carbocycles. The molecule has 0 aliphatic heterocycles. The van der Waals surface area contributed by atoms with Gasteiger partial charge in [-0.15, -0.1) is 0 Å². The van der Waals surface area contributed by atoms with Crippen molar-refractivity contribution >= 4 is 28.7 Å². The Morgan fingerprint density at radius 2 is 1.85 bits per heavy atom. The van der Waals surface area contributed by atoms with Crippen molar-refractivity contribution in [3.63, 3.8) is 0 Å². The molecule has 4 aliphatic rings. The maximum Gasteiger partial charge on any atom is 0.191 e. The lowest BCUT2D eigenvalue weighted by atomic mass is 9.47. The van der Waals surface area contributed by atoms with E-state index in [4.69, 9.17) is 17.3 Å². The number of hydrogen-bond acceptors (Lipinski definition) is 2. The Bertz CT molecular complexity index is 1100. The van der Waals surface area contributed by atoms with E-state index in [1.54, 1.807) is 5.57 Å². The molecule has 3 saturated carbocycles. The van der Waals surface area contributed by atoms with Gasteiger partial charge in [-0.05, 0) is 122 Å². The summed E-state index contributed by atoms with van der Waals surface area (Å²) in [5, 5.41) is 8.66. The van der Waals surface area contributed by atoms with E-state index in [9.17, 15) is 0 Å². The number of rotatable bonds is 7. The predicted molar refractivity (Wildman–Crippen MR) is 171 cm³/mol. The van der Waals surface area contributed by atoms with Gasteiger partial charge < -0.3 is 5.32 Å². The van der Waals surface area contributed by atoms with E-state index >= 15 is 0 Å². The van der Waals surface area contributed by atoms with Gasteiger partial charge in [-0.1, -0.05) is 83.7 Å². The fourth-order valence-electron chi connectivity index (χ4n) is 9.60. The molecule has 0 bridgehead atoms. The third-order valence-corrected chi connectivity index (χ3v) is 12.1. The molecule has 1 aromatic rings. The van der Waals surface area contributed by atoms with Crippen molar-refractivity contribution in [3.8, 4) is 0 Å². The molecule has 5 rings (SSSR count). The van der Waals surface area contributed by atoms with E-state index in [1.807, 2.05) is 12.1 Å². The van der Waals surface area contributed by atoms with Crippen molar-refractivity contribution in [2.45, 2.75) is 112 Å². The zero-order valence-electron chi connectivity index (χ0n) is 25.5. The second kappa shape index (κ2) is 11.7. The summed E-state index contributed by atoms with van der Waals surface area (Å²) in [5.74, 6) is 5.31. The SMILES string of the molecule is Cc1ccccc1NC(=S)N/N=C1\CC[C@@]2(C)C(=CC[C@H]3[C@@H]4CC[C@H]([C@H](C)CCCC(C)C)[C@@]4(C)CC[C@@H]32)C1. The number of hydrazone groups is 1. The van der Waals surface area contributed by atoms with Crippen LogP contribution in [0.15, 0.2) is 41.0 Å². The van der Waals surface area contributed by atoms with Crippen molar-refractivity contribution in [1.82, 2.24) is 5.43 Å². The molecule has 3 fully saturated rings. The van der Waals surface area contributed by atoms with Gasteiger partial charge in [0.1, 0.15) is 0 Å². The smallest absolute Gasteiger partial charge is 0.191 e. The molecule has 3 nitrogen and oxygen atoms in total. The number of nitrogens with zero attached hydrogens (tertiary/aromatic N) is 1. The van der Waals surface area contributed by atoms with Crippen molar-refractivity contribution in [1.29, 1.82) is 0 Å². The van der Waals surface area contributed by atoms with Crippen LogP contribution in [0.1, 0.15) is 111 Å². The van der Waals surface area contributed by atoms with Crippen LogP contribution < -0.4 is 10.7 Å². The largest absolute Gasteiger partial charge is 0.331 e. The van der Waals surface area contributed by atoms with Gasteiger partial charge in [0.25, 0.3) is 0 Å². The molecule has 2 N–H and O–H groups in total. The summed E-state index contributed by atoms with van der Waals surface area (Å²) in [6.07, 6.45) is 17.3. The molecule has 0 heterocycles. The summed E-state index contributed by atoms with van der Waals surface area (Å²) in [6.45, 7) is 14.7. The minimum atomic E-state index is 0.351. The zero-order valence-corrected chi connectivity index (χ0v) is 26.3. The van der Waals surface area contributed by atoms with Gasteiger partial charge >= 0.3 is 0 Å². The number of para-hydroxylation sites is 1. The molecule has 1 aromatic carbocycles. The van der Waals surface area contributed by atoms with Gasteiger partial charge in [-0.3, -0.25) is 5.43 Å². The molecule has 0 saturated heterocycles. The number of aryl methyl sites for hydroxylation is 1. The monoisotopic (exact) mass is 547 g/mol. The number of fused-ring (bicyclic) bond motifs is 5. The molecule has 0 spiro atoms. The second-order valence-corrected chi connectivity index (χ2v) is 14.9. The second-order valence-electron chi connectivity index (χ2n) is 14.5. The highest BCUT2D eigenvalue weighted by molar-refractivity contribution is 7.80. The standard InChI is InChI=1S/C35H53N3S/c1-23(2)10-9-12-24(3)29-16-17-30-28-15-14-26-22-27(18-20-34(26,5)31(28)19-21-35(29,30)6)37-38-33(39)36-32-13-8-7-11-25(32)4/h7-8,11,13-14,23-24,28-31H,9-10,12,15-22H2,1-6H3,(H2,36,38,39)/b37-27+/t24-,28+,29-,30+,31+,34+,35-/m1/s1. The number of allylic oxidation sites excluding steroid dienone is 2. The van der Waals surface area contributed by atoms with Gasteiger partial charge in [-0.25, -0.2) is 0 Å². The van der Waals surface area contributed by atoms with Crippen molar-refractivity contribution in [2.75, 3.05) is 5.32 Å². The summed E-state index contributed by atoms with van der Waals surface area (Å²) in [7, 11) is 0. The highest BCUT2D eigenvalue weighted by atomic mass is 32.1. The van der Waals surface area contributed by atoms with E-state index in [1.165, 1.54) is 69.1 Å². The van der Waals surface area contributed by atoms with Crippen LogP contribution in [0, 0.1) is 53.3 Å². The molecule has 0 radical (unpaired) electrons. The molecular formula is C35H53N3S. The first kappa shape index (κ1) is 28.8. The zero-order chi connectivity index (χ0) is 27.8. The molecule has 214 valence electrons. The number of nitrogens with one attached hydrogen (secondary N) is 2. The van der Waals surface area contributed by atoms with Crippen LogP contribution >= 0.6 is 12.2 Å². The Hall–Kier alpha value is -1.68. The van der Waals surface area contributed by atoms with E-state index in [0.717, 1.165) is 54.0 Å². The van der Waals surface area contributed by atoms with E-state index in [-0.39, 0.29) is 0 Å². The molecule has 0 aromatic heterocycles. The lowest BCUT2D eigenvalue weighted by molar-refractivity contribution is -0.0468. The Morgan fingerprint density at radius 3 is 2.62 bits per heavy atom. The number of thiocarbonyl (C=S) groups is 1. The van der Waals surface area contributed by atoms with Crippen molar-refractivity contribution < 1.29 is 0 Å². The van der Waals surface area contributed by atoms with Crippen LogP contribution in [0.2, 0.25) is 0 Å². The number of hydrogen-bond donors (Lipinski definition) is 2. The molecule has 7 atom stereocenters. The first-order valence-electron chi connectivity index (χ1n) is 16.0. The van der Waals surface area contributed by atoms with Gasteiger partial charge in [0.05, 0.1) is 0 Å². The van der Waals surface area contributed by atoms with E-state index in [2.05, 4.69) is 70.5 Å². The fourth-order valence-corrected chi connectivity index (χ4v) is 9.76. The Balaban J connectivity index is 1.22. The van der Waals surface area contributed by atoms with E-state index < -0.39 is 0 Å². The maximum atomic E-state index is 5.55. The van der Waals surface area contributed by atoms with Crippen LogP contribution in [0.5, 0.6) is 0 Å². The number of benzene rings is 1. The summed E-state index contributed by atoms with van der Waals surface area (Å²) < 4.78 is 0. The summed E-state index contributed by atoms with van der Waals surface area (Å²) in [4.78, 5) is 0.